The third-order valence-electron chi connectivity index (χ3n) is 6.25. The second kappa shape index (κ2) is 10.9. The maximum Gasteiger partial charge on any atom is 0.341 e. The molecule has 0 aromatic carbocycles. The third-order valence-corrected chi connectivity index (χ3v) is 7.42. The Labute approximate surface area is 202 Å². The number of ether oxygens (including phenoxy) is 2. The fourth-order valence-electron chi connectivity index (χ4n) is 4.44. The Morgan fingerprint density at radius 3 is 2.59 bits per heavy atom. The molecule has 0 saturated carbocycles. The minimum absolute atomic E-state index is 0.264. The molecule has 182 valence electrons. The monoisotopic (exact) mass is 486 g/mol. The zero-order valence-corrected chi connectivity index (χ0v) is 20.4. The number of hydrogen-bond acceptors (Lipinski definition) is 9. The van der Waals surface area contributed by atoms with E-state index in [9.17, 15) is 14.4 Å². The average Bonchev–Trinajstić information content (AvgIpc) is 3.20. The average molecular weight is 487 g/mol. The van der Waals surface area contributed by atoms with E-state index in [0.29, 0.717) is 48.4 Å². The van der Waals surface area contributed by atoms with Gasteiger partial charge in [0.25, 0.3) is 5.91 Å². The molecule has 9 nitrogen and oxygen atoms in total. The van der Waals surface area contributed by atoms with Crippen molar-refractivity contribution in [1.29, 1.82) is 0 Å². The largest absolute Gasteiger partial charge is 0.462 e. The van der Waals surface area contributed by atoms with E-state index in [1.807, 2.05) is 4.90 Å². The summed E-state index contributed by atoms with van der Waals surface area (Å²) >= 11 is 1.42. The number of amides is 1. The highest BCUT2D eigenvalue weighted by Gasteiger charge is 2.30. The Morgan fingerprint density at radius 2 is 1.88 bits per heavy atom. The summed E-state index contributed by atoms with van der Waals surface area (Å²) in [6, 6.07) is 1.76. The first-order chi connectivity index (χ1) is 16.5. The van der Waals surface area contributed by atoms with Crippen LogP contribution in [-0.2, 0) is 31.9 Å². The number of aromatic nitrogens is 2. The summed E-state index contributed by atoms with van der Waals surface area (Å²) in [7, 11) is 0. The van der Waals surface area contributed by atoms with E-state index in [1.165, 1.54) is 11.3 Å². The number of nitrogens with zero attached hydrogens (tertiary/aromatic N) is 3. The maximum absolute atomic E-state index is 12.6. The molecule has 1 aliphatic carbocycles. The number of fused-ring (bicyclic) bond motifs is 1. The molecule has 34 heavy (non-hydrogen) atoms. The number of piperidine rings is 1. The second-order valence-corrected chi connectivity index (χ2v) is 9.85. The van der Waals surface area contributed by atoms with Crippen molar-refractivity contribution in [3.8, 4) is 0 Å². The Hall–Kier alpha value is -3.01. The van der Waals surface area contributed by atoms with Crippen LogP contribution in [0.15, 0.2) is 18.5 Å². The Kier molecular flexibility index (Phi) is 7.77. The van der Waals surface area contributed by atoms with E-state index in [1.54, 1.807) is 25.4 Å². The molecule has 1 amide bonds. The molecule has 1 atom stereocenters. The molecule has 1 fully saturated rings. The Bertz CT molecular complexity index is 1030. The van der Waals surface area contributed by atoms with Crippen molar-refractivity contribution in [2.75, 3.05) is 36.5 Å². The van der Waals surface area contributed by atoms with Crippen molar-refractivity contribution in [3.63, 3.8) is 0 Å². The topological polar surface area (TPSA) is 111 Å². The van der Waals surface area contributed by atoms with Gasteiger partial charge in [0.2, 0.25) is 5.95 Å². The predicted molar refractivity (Wildman–Crippen MR) is 128 cm³/mol. The van der Waals surface area contributed by atoms with Crippen molar-refractivity contribution in [2.45, 2.75) is 46.0 Å². The Balaban J connectivity index is 1.32. The molecule has 3 heterocycles. The smallest absolute Gasteiger partial charge is 0.341 e. The molecule has 0 radical (unpaired) electrons. The first-order valence-electron chi connectivity index (χ1n) is 11.8. The van der Waals surface area contributed by atoms with Gasteiger partial charge in [-0.05, 0) is 56.6 Å². The van der Waals surface area contributed by atoms with Gasteiger partial charge in [0.15, 0.2) is 6.61 Å². The standard InChI is InChI=1S/C24H30N4O5S/c1-3-32-23(31)20-17-6-5-15(2)13-18(17)34-21(20)27-19(29)14-33-22(30)16-7-11-28(12-8-16)24-25-9-4-10-26-24/h4,9-10,15-16H,3,5-8,11-14H2,1-2H3,(H,27,29). The first-order valence-corrected chi connectivity index (χ1v) is 12.6. The molecule has 2 aromatic heterocycles. The molecule has 2 aliphatic rings. The van der Waals surface area contributed by atoms with Gasteiger partial charge < -0.3 is 19.7 Å². The molecule has 10 heteroatoms. The van der Waals surface area contributed by atoms with Gasteiger partial charge in [-0.25, -0.2) is 14.8 Å². The van der Waals surface area contributed by atoms with Crippen LogP contribution in [0.5, 0.6) is 0 Å². The predicted octanol–water partition coefficient (Wildman–Crippen LogP) is 3.24. The molecule has 1 unspecified atom stereocenters. The summed E-state index contributed by atoms with van der Waals surface area (Å²) in [5, 5.41) is 3.27. The van der Waals surface area contributed by atoms with Crippen molar-refractivity contribution >= 4 is 40.1 Å². The summed E-state index contributed by atoms with van der Waals surface area (Å²) in [6.45, 7) is 5.12. The van der Waals surface area contributed by atoms with E-state index < -0.39 is 11.9 Å². The van der Waals surface area contributed by atoms with Gasteiger partial charge in [-0.15, -0.1) is 11.3 Å². The molecule has 1 saturated heterocycles. The lowest BCUT2D eigenvalue weighted by molar-refractivity contribution is -0.152. The summed E-state index contributed by atoms with van der Waals surface area (Å²) < 4.78 is 10.5. The summed E-state index contributed by atoms with van der Waals surface area (Å²) in [5.74, 6) is -0.339. The number of rotatable bonds is 7. The quantitative estimate of drug-likeness (QED) is 0.594. The van der Waals surface area contributed by atoms with Crippen LogP contribution in [0.1, 0.15) is 53.9 Å². The summed E-state index contributed by atoms with van der Waals surface area (Å²) in [4.78, 5) is 49.4. The maximum atomic E-state index is 12.6. The zero-order valence-electron chi connectivity index (χ0n) is 19.5. The second-order valence-electron chi connectivity index (χ2n) is 8.74. The zero-order chi connectivity index (χ0) is 24.1. The van der Waals surface area contributed by atoms with Gasteiger partial charge in [0.05, 0.1) is 18.1 Å². The lowest BCUT2D eigenvalue weighted by atomic mass is 9.88. The lowest BCUT2D eigenvalue weighted by Gasteiger charge is -2.30. The third kappa shape index (κ3) is 5.55. The van der Waals surface area contributed by atoms with Gasteiger partial charge in [-0.3, -0.25) is 9.59 Å². The summed E-state index contributed by atoms with van der Waals surface area (Å²) in [6.07, 6.45) is 7.28. The molecule has 0 spiro atoms. The molecule has 0 bridgehead atoms. The van der Waals surface area contributed by atoms with Crippen LogP contribution >= 0.6 is 11.3 Å². The number of esters is 2. The van der Waals surface area contributed by atoms with Crippen LogP contribution in [0.25, 0.3) is 0 Å². The minimum Gasteiger partial charge on any atom is -0.462 e. The van der Waals surface area contributed by atoms with Crippen LogP contribution in [-0.4, -0.2) is 54.1 Å². The van der Waals surface area contributed by atoms with Crippen LogP contribution in [0, 0.1) is 11.8 Å². The molecule has 1 aliphatic heterocycles. The lowest BCUT2D eigenvalue weighted by Crippen LogP contribution is -2.38. The van der Waals surface area contributed by atoms with Gasteiger partial charge in [0, 0.05) is 30.4 Å². The van der Waals surface area contributed by atoms with Crippen LogP contribution < -0.4 is 10.2 Å². The molecular weight excluding hydrogens is 456 g/mol. The van der Waals surface area contributed by atoms with Crippen LogP contribution in [0.2, 0.25) is 0 Å². The molecular formula is C24H30N4O5S. The van der Waals surface area contributed by atoms with Crippen LogP contribution in [0.3, 0.4) is 0 Å². The molecule has 2 aromatic rings. The van der Waals surface area contributed by atoms with Crippen molar-refractivity contribution in [1.82, 2.24) is 9.97 Å². The van der Waals surface area contributed by atoms with Crippen molar-refractivity contribution in [3.05, 3.63) is 34.5 Å². The van der Waals surface area contributed by atoms with E-state index in [0.717, 1.165) is 29.7 Å². The van der Waals surface area contributed by atoms with Crippen molar-refractivity contribution < 1.29 is 23.9 Å². The van der Waals surface area contributed by atoms with Gasteiger partial charge in [0.1, 0.15) is 5.00 Å². The van der Waals surface area contributed by atoms with Gasteiger partial charge in [-0.1, -0.05) is 6.92 Å². The summed E-state index contributed by atoms with van der Waals surface area (Å²) in [5.41, 5.74) is 1.42. The van der Waals surface area contributed by atoms with E-state index in [2.05, 4.69) is 22.2 Å². The highest BCUT2D eigenvalue weighted by molar-refractivity contribution is 7.17. The number of nitrogens with one attached hydrogen (secondary N) is 1. The Morgan fingerprint density at radius 1 is 1.15 bits per heavy atom. The SMILES string of the molecule is CCOC(=O)c1c(NC(=O)COC(=O)C2CCN(c3ncccn3)CC2)sc2c1CCC(C)C2. The van der Waals surface area contributed by atoms with Gasteiger partial charge >= 0.3 is 11.9 Å². The van der Waals surface area contributed by atoms with E-state index >= 15 is 0 Å². The molecule has 4 rings (SSSR count). The number of anilines is 2. The van der Waals surface area contributed by atoms with E-state index in [-0.39, 0.29) is 25.1 Å². The normalized spacial score (nSPS) is 18.2. The fraction of sp³-hybridized carbons (Fsp3) is 0.542. The fourth-order valence-corrected chi connectivity index (χ4v) is 5.86. The molecule has 1 N–H and O–H groups in total. The minimum atomic E-state index is -0.458. The van der Waals surface area contributed by atoms with Crippen LogP contribution in [0.4, 0.5) is 10.9 Å². The highest BCUT2D eigenvalue weighted by atomic mass is 32.1. The number of carbonyl (C=O) groups is 3. The van der Waals surface area contributed by atoms with E-state index in [4.69, 9.17) is 9.47 Å². The number of carbonyl (C=O) groups excluding carboxylic acids is 3. The van der Waals surface area contributed by atoms with Crippen molar-refractivity contribution in [2.24, 2.45) is 11.8 Å². The first kappa shape index (κ1) is 24.1. The van der Waals surface area contributed by atoms with Gasteiger partial charge in [-0.2, -0.15) is 0 Å². The highest BCUT2D eigenvalue weighted by Crippen LogP contribution is 2.40. The number of thiophene rings is 1. The number of hydrogen-bond donors (Lipinski definition) is 1.